The molecule has 1 aromatic rings. The van der Waals surface area contributed by atoms with Crippen LogP contribution in [-0.2, 0) is 0 Å². The van der Waals surface area contributed by atoms with Crippen LogP contribution in [-0.4, -0.2) is 19.0 Å². The average molecular weight is 261 g/mol. The first-order chi connectivity index (χ1) is 9.25. The number of benzene rings is 1. The Kier molecular flexibility index (Phi) is 3.32. The van der Waals surface area contributed by atoms with Crippen LogP contribution < -0.4 is 15.2 Å². The Balaban J connectivity index is 1.89. The first-order valence-electron chi connectivity index (χ1n) is 6.99. The minimum absolute atomic E-state index is 0.124. The van der Waals surface area contributed by atoms with Crippen LogP contribution >= 0.6 is 0 Å². The van der Waals surface area contributed by atoms with E-state index in [9.17, 15) is 4.79 Å². The summed E-state index contributed by atoms with van der Waals surface area (Å²) in [5.41, 5.74) is 7.09. The molecule has 2 N–H and O–H groups in total. The second-order valence-corrected chi connectivity index (χ2v) is 5.28. The maximum absolute atomic E-state index is 12.5. The van der Waals surface area contributed by atoms with E-state index in [2.05, 4.69) is 0 Å². The van der Waals surface area contributed by atoms with Crippen molar-refractivity contribution < 1.29 is 14.3 Å². The van der Waals surface area contributed by atoms with Gasteiger partial charge in [0.05, 0.1) is 0 Å². The van der Waals surface area contributed by atoms with Crippen LogP contribution in [0.25, 0.3) is 0 Å². The highest BCUT2D eigenvalue weighted by atomic mass is 16.6. The van der Waals surface area contributed by atoms with Gasteiger partial charge in [0.1, 0.15) is 13.2 Å². The minimum atomic E-state index is 0.124. The molecule has 0 unspecified atom stereocenters. The quantitative estimate of drug-likeness (QED) is 0.657. The van der Waals surface area contributed by atoms with Gasteiger partial charge in [-0.05, 0) is 18.9 Å². The normalized spacial score (nSPS) is 19.2. The van der Waals surface area contributed by atoms with Crippen molar-refractivity contribution in [2.24, 2.45) is 5.92 Å². The standard InChI is InChI=1S/C15H19NO3/c16-12-9-14-13(18-6-7-19-14)8-11(12)15(17)10-4-2-1-3-5-10/h8-10H,1-7,16H2. The fraction of sp³-hybridized carbons (Fsp3) is 0.533. The Morgan fingerprint density at radius 1 is 1.05 bits per heavy atom. The molecule has 0 atom stereocenters. The summed E-state index contributed by atoms with van der Waals surface area (Å²) in [6.45, 7) is 1.05. The van der Waals surface area contributed by atoms with E-state index < -0.39 is 0 Å². The number of Topliss-reactive ketones (excluding diaryl/α,β-unsaturated/α-hetero) is 1. The van der Waals surface area contributed by atoms with Gasteiger partial charge in [0.15, 0.2) is 17.3 Å². The second kappa shape index (κ2) is 5.11. The Hall–Kier alpha value is -1.71. The summed E-state index contributed by atoms with van der Waals surface area (Å²) in [6.07, 6.45) is 5.47. The maximum atomic E-state index is 12.5. The third-order valence-corrected chi connectivity index (χ3v) is 3.96. The summed E-state index contributed by atoms with van der Waals surface area (Å²) >= 11 is 0. The number of ether oxygens (including phenoxy) is 2. The SMILES string of the molecule is Nc1cc2c(cc1C(=O)C1CCCCC1)OCCO2. The molecule has 0 radical (unpaired) electrons. The molecule has 0 amide bonds. The van der Waals surface area contributed by atoms with E-state index in [0.717, 1.165) is 25.7 Å². The van der Waals surface area contributed by atoms with E-state index in [1.807, 2.05) is 0 Å². The lowest BCUT2D eigenvalue weighted by molar-refractivity contribution is 0.0889. The molecule has 0 aromatic heterocycles. The highest BCUT2D eigenvalue weighted by molar-refractivity contribution is 6.03. The van der Waals surface area contributed by atoms with Gasteiger partial charge in [0, 0.05) is 23.2 Å². The fourth-order valence-electron chi connectivity index (χ4n) is 2.90. The van der Waals surface area contributed by atoms with Crippen LogP contribution in [0, 0.1) is 5.92 Å². The molecule has 0 bridgehead atoms. The minimum Gasteiger partial charge on any atom is -0.486 e. The number of ketones is 1. The molecule has 3 rings (SSSR count). The lowest BCUT2D eigenvalue weighted by atomic mass is 9.83. The van der Waals surface area contributed by atoms with Crippen molar-refractivity contribution in [1.29, 1.82) is 0 Å². The van der Waals surface area contributed by atoms with Crippen molar-refractivity contribution in [2.75, 3.05) is 18.9 Å². The molecular formula is C15H19NO3. The number of rotatable bonds is 2. The highest BCUT2D eigenvalue weighted by Crippen LogP contribution is 2.37. The van der Waals surface area contributed by atoms with Gasteiger partial charge in [-0.3, -0.25) is 4.79 Å². The van der Waals surface area contributed by atoms with Gasteiger partial charge < -0.3 is 15.2 Å². The summed E-state index contributed by atoms with van der Waals surface area (Å²) in [4.78, 5) is 12.5. The molecule has 1 aromatic carbocycles. The largest absolute Gasteiger partial charge is 0.486 e. The number of anilines is 1. The van der Waals surface area contributed by atoms with Crippen LogP contribution in [0.2, 0.25) is 0 Å². The van der Waals surface area contributed by atoms with E-state index >= 15 is 0 Å². The molecule has 0 saturated heterocycles. The molecule has 19 heavy (non-hydrogen) atoms. The van der Waals surface area contributed by atoms with Crippen LogP contribution in [0.4, 0.5) is 5.69 Å². The van der Waals surface area contributed by atoms with Crippen molar-refractivity contribution >= 4 is 11.5 Å². The number of nitrogens with two attached hydrogens (primary N) is 1. The lowest BCUT2D eigenvalue weighted by Crippen LogP contribution is -2.21. The molecule has 1 aliphatic carbocycles. The predicted octanol–water partition coefficient (Wildman–Crippen LogP) is 2.80. The van der Waals surface area contributed by atoms with Crippen molar-refractivity contribution in [3.05, 3.63) is 17.7 Å². The van der Waals surface area contributed by atoms with Gasteiger partial charge >= 0.3 is 0 Å². The van der Waals surface area contributed by atoms with Crippen LogP contribution in [0.1, 0.15) is 42.5 Å². The molecule has 2 aliphatic rings. The van der Waals surface area contributed by atoms with Crippen molar-refractivity contribution in [2.45, 2.75) is 32.1 Å². The third kappa shape index (κ3) is 2.39. The van der Waals surface area contributed by atoms with E-state index in [1.54, 1.807) is 12.1 Å². The first kappa shape index (κ1) is 12.3. The van der Waals surface area contributed by atoms with Gasteiger partial charge in [-0.2, -0.15) is 0 Å². The Morgan fingerprint density at radius 2 is 1.68 bits per heavy atom. The van der Waals surface area contributed by atoms with E-state index in [4.69, 9.17) is 15.2 Å². The molecule has 4 heteroatoms. The molecule has 1 aliphatic heterocycles. The topological polar surface area (TPSA) is 61.6 Å². The zero-order valence-corrected chi connectivity index (χ0v) is 11.0. The molecule has 1 heterocycles. The number of nitrogen functional groups attached to an aromatic ring is 1. The molecular weight excluding hydrogens is 242 g/mol. The van der Waals surface area contributed by atoms with Gasteiger partial charge in [0.2, 0.25) is 0 Å². The van der Waals surface area contributed by atoms with E-state index in [-0.39, 0.29) is 11.7 Å². The highest BCUT2D eigenvalue weighted by Gasteiger charge is 2.26. The fourth-order valence-corrected chi connectivity index (χ4v) is 2.90. The molecule has 1 fully saturated rings. The molecule has 4 nitrogen and oxygen atoms in total. The number of carbonyl (C=O) groups excluding carboxylic acids is 1. The molecule has 102 valence electrons. The summed E-state index contributed by atoms with van der Waals surface area (Å²) in [6, 6.07) is 3.46. The average Bonchev–Trinajstić information content (AvgIpc) is 2.47. The van der Waals surface area contributed by atoms with Crippen molar-refractivity contribution in [1.82, 2.24) is 0 Å². The maximum Gasteiger partial charge on any atom is 0.168 e. The number of hydrogen-bond donors (Lipinski definition) is 1. The Labute approximate surface area is 112 Å². The summed E-state index contributed by atoms with van der Waals surface area (Å²) in [5, 5.41) is 0. The second-order valence-electron chi connectivity index (χ2n) is 5.28. The lowest BCUT2D eigenvalue weighted by Gasteiger charge is -2.23. The smallest absolute Gasteiger partial charge is 0.168 e. The van der Waals surface area contributed by atoms with E-state index in [0.29, 0.717) is 36.0 Å². The summed E-state index contributed by atoms with van der Waals surface area (Å²) in [5.74, 6) is 1.57. The van der Waals surface area contributed by atoms with Crippen molar-refractivity contribution in [3.8, 4) is 11.5 Å². The summed E-state index contributed by atoms with van der Waals surface area (Å²) in [7, 11) is 0. The first-order valence-corrected chi connectivity index (χ1v) is 6.99. The zero-order chi connectivity index (χ0) is 13.2. The Morgan fingerprint density at radius 3 is 2.37 bits per heavy atom. The predicted molar refractivity (Wildman–Crippen MR) is 72.7 cm³/mol. The molecule has 0 spiro atoms. The van der Waals surface area contributed by atoms with Crippen LogP contribution in [0.3, 0.4) is 0 Å². The molecule has 1 saturated carbocycles. The third-order valence-electron chi connectivity index (χ3n) is 3.96. The van der Waals surface area contributed by atoms with Crippen LogP contribution in [0.15, 0.2) is 12.1 Å². The monoisotopic (exact) mass is 261 g/mol. The number of hydrogen-bond acceptors (Lipinski definition) is 4. The zero-order valence-electron chi connectivity index (χ0n) is 11.0. The van der Waals surface area contributed by atoms with Gasteiger partial charge in [-0.15, -0.1) is 0 Å². The van der Waals surface area contributed by atoms with Gasteiger partial charge in [-0.1, -0.05) is 19.3 Å². The van der Waals surface area contributed by atoms with Crippen LogP contribution in [0.5, 0.6) is 11.5 Å². The van der Waals surface area contributed by atoms with Crippen molar-refractivity contribution in [3.63, 3.8) is 0 Å². The van der Waals surface area contributed by atoms with Gasteiger partial charge in [0.25, 0.3) is 0 Å². The Bertz CT molecular complexity index is 492. The summed E-state index contributed by atoms with van der Waals surface area (Å²) < 4.78 is 11.0. The van der Waals surface area contributed by atoms with Gasteiger partial charge in [-0.25, -0.2) is 0 Å². The number of fused-ring (bicyclic) bond motifs is 1. The number of carbonyl (C=O) groups is 1. The van der Waals surface area contributed by atoms with E-state index in [1.165, 1.54) is 6.42 Å².